The van der Waals surface area contributed by atoms with Gasteiger partial charge in [-0.05, 0) is 25.6 Å². The van der Waals surface area contributed by atoms with Gasteiger partial charge < -0.3 is 10.4 Å². The van der Waals surface area contributed by atoms with Gasteiger partial charge in [0, 0.05) is 17.5 Å². The molecule has 7 heteroatoms. The van der Waals surface area contributed by atoms with Crippen LogP contribution in [0.2, 0.25) is 0 Å². The van der Waals surface area contributed by atoms with Crippen molar-refractivity contribution in [3.63, 3.8) is 0 Å². The van der Waals surface area contributed by atoms with E-state index >= 15 is 0 Å². The lowest BCUT2D eigenvalue weighted by Gasteiger charge is -2.27. The summed E-state index contributed by atoms with van der Waals surface area (Å²) in [6, 6.07) is 2.36. The molecule has 0 aliphatic rings. The number of aliphatic hydroxyl groups excluding tert-OH is 1. The number of pyridine rings is 1. The van der Waals surface area contributed by atoms with Crippen LogP contribution in [-0.2, 0) is 6.18 Å². The van der Waals surface area contributed by atoms with Crippen LogP contribution in [0.4, 0.5) is 13.2 Å². The highest BCUT2D eigenvalue weighted by atomic mass is 32.2. The van der Waals surface area contributed by atoms with Gasteiger partial charge in [0.25, 0.3) is 0 Å². The largest absolute Gasteiger partial charge is 0.417 e. The van der Waals surface area contributed by atoms with E-state index in [1.807, 2.05) is 13.8 Å². The van der Waals surface area contributed by atoms with E-state index in [2.05, 4.69) is 10.3 Å². The summed E-state index contributed by atoms with van der Waals surface area (Å²) in [7, 11) is 0. The Hall–Kier alpha value is -0.790. The molecule has 0 aromatic carbocycles. The molecule has 0 saturated carbocycles. The van der Waals surface area contributed by atoms with E-state index in [1.54, 1.807) is 0 Å². The van der Waals surface area contributed by atoms with Crippen molar-refractivity contribution >= 4 is 11.8 Å². The van der Waals surface area contributed by atoms with E-state index in [-0.39, 0.29) is 6.61 Å². The number of thioether (sulfide) groups is 1. The van der Waals surface area contributed by atoms with E-state index in [4.69, 9.17) is 0 Å². The van der Waals surface area contributed by atoms with Gasteiger partial charge in [0.1, 0.15) is 0 Å². The highest BCUT2D eigenvalue weighted by molar-refractivity contribution is 7.99. The molecule has 0 bridgehead atoms. The summed E-state index contributed by atoms with van der Waals surface area (Å²) in [5.74, 6) is 0.524. The molecule has 3 nitrogen and oxygen atoms in total. The Labute approximate surface area is 114 Å². The molecule has 108 valence electrons. The first-order valence-electron chi connectivity index (χ1n) is 5.82. The van der Waals surface area contributed by atoms with Crippen molar-refractivity contribution in [2.75, 3.05) is 18.9 Å². The van der Waals surface area contributed by atoms with Gasteiger partial charge in [-0.3, -0.25) is 0 Å². The molecule has 19 heavy (non-hydrogen) atoms. The molecule has 0 saturated heterocycles. The molecular weight excluding hydrogens is 277 g/mol. The fraction of sp³-hybridized carbons (Fsp3) is 0.583. The van der Waals surface area contributed by atoms with Crippen molar-refractivity contribution in [1.29, 1.82) is 0 Å². The van der Waals surface area contributed by atoms with Crippen molar-refractivity contribution in [3.05, 3.63) is 23.9 Å². The second kappa shape index (κ2) is 6.58. The molecule has 0 fully saturated rings. The highest BCUT2D eigenvalue weighted by Gasteiger charge is 2.30. The number of aromatic nitrogens is 1. The first-order chi connectivity index (χ1) is 8.80. The predicted octanol–water partition coefficient (Wildman–Crippen LogP) is 2.55. The highest BCUT2D eigenvalue weighted by Crippen LogP contribution is 2.30. The number of hydrogen-bond donors (Lipinski definition) is 2. The average molecular weight is 294 g/mol. The summed E-state index contributed by atoms with van der Waals surface area (Å²) >= 11 is 1.31. The van der Waals surface area contributed by atoms with Crippen LogP contribution in [-0.4, -0.2) is 34.5 Å². The molecule has 1 unspecified atom stereocenters. The summed E-state index contributed by atoms with van der Waals surface area (Å²) in [5, 5.41) is 12.9. The van der Waals surface area contributed by atoms with Gasteiger partial charge in [0.05, 0.1) is 17.2 Å². The number of nitrogens with zero attached hydrogens (tertiary/aromatic N) is 1. The van der Waals surface area contributed by atoms with Gasteiger partial charge in [-0.1, -0.05) is 6.92 Å². The molecule has 2 N–H and O–H groups in total. The van der Waals surface area contributed by atoms with E-state index < -0.39 is 17.3 Å². The van der Waals surface area contributed by atoms with Crippen LogP contribution >= 0.6 is 11.8 Å². The third-order valence-electron chi connectivity index (χ3n) is 2.55. The summed E-state index contributed by atoms with van der Waals surface area (Å²) in [5.41, 5.74) is -1.22. The van der Waals surface area contributed by atoms with Crippen LogP contribution in [0.3, 0.4) is 0 Å². The van der Waals surface area contributed by atoms with E-state index in [0.717, 1.165) is 12.3 Å². The maximum absolute atomic E-state index is 12.4. The van der Waals surface area contributed by atoms with Crippen LogP contribution in [0.5, 0.6) is 0 Å². The summed E-state index contributed by atoms with van der Waals surface area (Å²) in [6.07, 6.45) is -3.54. The van der Waals surface area contributed by atoms with Crippen LogP contribution in [0.1, 0.15) is 19.4 Å². The third kappa shape index (κ3) is 5.00. The van der Waals surface area contributed by atoms with Gasteiger partial charge in [-0.2, -0.15) is 13.2 Å². The van der Waals surface area contributed by atoms with E-state index in [0.29, 0.717) is 17.3 Å². The second-order valence-electron chi connectivity index (χ2n) is 4.42. The Morgan fingerprint density at radius 3 is 2.47 bits per heavy atom. The molecule has 1 atom stereocenters. The van der Waals surface area contributed by atoms with Crippen LogP contribution < -0.4 is 5.32 Å². The maximum atomic E-state index is 12.4. The zero-order valence-corrected chi connectivity index (χ0v) is 11.6. The standard InChI is InChI=1S/C12H17F3N2OS/c1-3-17-11(2,7-18)8-19-10-5-4-9(6-16-10)12(13,14)15/h4-6,17-18H,3,7-8H2,1-2H3. The Morgan fingerprint density at radius 2 is 2.05 bits per heavy atom. The number of aliphatic hydroxyl groups is 1. The Balaban J connectivity index is 2.64. The van der Waals surface area contributed by atoms with E-state index in [1.165, 1.54) is 17.8 Å². The molecular formula is C12H17F3N2OS. The molecule has 0 radical (unpaired) electrons. The van der Waals surface area contributed by atoms with Gasteiger partial charge in [-0.25, -0.2) is 4.98 Å². The molecule has 1 aromatic rings. The molecule has 0 aliphatic heterocycles. The SMILES string of the molecule is CCNC(C)(CO)CSc1ccc(C(F)(F)F)cn1. The average Bonchev–Trinajstić information content (AvgIpc) is 2.36. The first-order valence-corrected chi connectivity index (χ1v) is 6.81. The molecule has 0 aliphatic carbocycles. The lowest BCUT2D eigenvalue weighted by atomic mass is 10.1. The lowest BCUT2D eigenvalue weighted by molar-refractivity contribution is -0.137. The molecule has 1 aromatic heterocycles. The number of hydrogen-bond acceptors (Lipinski definition) is 4. The predicted molar refractivity (Wildman–Crippen MR) is 69.1 cm³/mol. The third-order valence-corrected chi connectivity index (χ3v) is 3.87. The minimum absolute atomic E-state index is 0.0471. The minimum atomic E-state index is -4.36. The molecule has 1 heterocycles. The van der Waals surface area contributed by atoms with Crippen LogP contribution in [0.15, 0.2) is 23.4 Å². The monoisotopic (exact) mass is 294 g/mol. The fourth-order valence-electron chi connectivity index (χ4n) is 1.45. The quantitative estimate of drug-likeness (QED) is 0.792. The fourth-order valence-corrected chi connectivity index (χ4v) is 2.40. The van der Waals surface area contributed by atoms with Gasteiger partial charge in [-0.15, -0.1) is 11.8 Å². The number of likely N-dealkylation sites (N-methyl/N-ethyl adjacent to an activating group) is 1. The number of alkyl halides is 3. The molecule has 0 spiro atoms. The topological polar surface area (TPSA) is 45.1 Å². The van der Waals surface area contributed by atoms with Crippen molar-refractivity contribution in [2.45, 2.75) is 30.6 Å². The van der Waals surface area contributed by atoms with Crippen LogP contribution in [0, 0.1) is 0 Å². The van der Waals surface area contributed by atoms with Gasteiger partial charge in [0.15, 0.2) is 0 Å². The zero-order chi connectivity index (χ0) is 14.5. The maximum Gasteiger partial charge on any atom is 0.417 e. The lowest BCUT2D eigenvalue weighted by Crippen LogP contribution is -2.47. The van der Waals surface area contributed by atoms with Crippen LogP contribution in [0.25, 0.3) is 0 Å². The first kappa shape index (κ1) is 16.3. The van der Waals surface area contributed by atoms with Crippen molar-refractivity contribution < 1.29 is 18.3 Å². The second-order valence-corrected chi connectivity index (χ2v) is 5.42. The van der Waals surface area contributed by atoms with Crippen molar-refractivity contribution in [3.8, 4) is 0 Å². The Bertz CT molecular complexity index is 397. The number of nitrogens with one attached hydrogen (secondary N) is 1. The number of rotatable bonds is 6. The number of halogens is 3. The summed E-state index contributed by atoms with van der Waals surface area (Å²) < 4.78 is 37.1. The van der Waals surface area contributed by atoms with Crippen molar-refractivity contribution in [2.24, 2.45) is 0 Å². The van der Waals surface area contributed by atoms with Gasteiger partial charge in [0.2, 0.25) is 0 Å². The van der Waals surface area contributed by atoms with E-state index in [9.17, 15) is 18.3 Å². The summed E-state index contributed by atoms with van der Waals surface area (Å²) in [6.45, 7) is 4.44. The zero-order valence-electron chi connectivity index (χ0n) is 10.8. The molecule has 0 amide bonds. The Morgan fingerprint density at radius 1 is 1.37 bits per heavy atom. The minimum Gasteiger partial charge on any atom is -0.394 e. The molecule has 1 rings (SSSR count). The van der Waals surface area contributed by atoms with Crippen molar-refractivity contribution in [1.82, 2.24) is 10.3 Å². The Kier molecular flexibility index (Phi) is 5.64. The smallest absolute Gasteiger partial charge is 0.394 e. The van der Waals surface area contributed by atoms with Gasteiger partial charge >= 0.3 is 6.18 Å². The summed E-state index contributed by atoms with van der Waals surface area (Å²) in [4.78, 5) is 3.78. The normalized spacial score (nSPS) is 15.3.